The summed E-state index contributed by atoms with van der Waals surface area (Å²) in [5, 5.41) is 9.99. The van der Waals surface area contributed by atoms with Crippen LogP contribution in [0.4, 0.5) is 0 Å². The number of hydrogen-bond acceptors (Lipinski definition) is 4. The standard InChI is InChI=1S/C19H21NO3/c1-4-23-19(22)18(21)20-17(15-9-5-13(2)6-10-15)16-11-7-14(3)8-12-16/h5-12,18,21H,4H2,1-3H3. The molecule has 1 atom stereocenters. The molecular weight excluding hydrogens is 290 g/mol. The SMILES string of the molecule is CCOC(=O)C(O)N=C(c1ccc(C)cc1)c1ccc(C)cc1. The van der Waals surface area contributed by atoms with E-state index >= 15 is 0 Å². The Kier molecular flexibility index (Phi) is 5.66. The minimum atomic E-state index is -1.53. The maximum absolute atomic E-state index is 11.7. The van der Waals surface area contributed by atoms with Gasteiger partial charge in [0.1, 0.15) is 0 Å². The highest BCUT2D eigenvalue weighted by Crippen LogP contribution is 2.14. The molecule has 0 saturated carbocycles. The largest absolute Gasteiger partial charge is 0.463 e. The van der Waals surface area contributed by atoms with Gasteiger partial charge in [-0.15, -0.1) is 0 Å². The number of carbonyl (C=O) groups is 1. The molecule has 120 valence electrons. The van der Waals surface area contributed by atoms with E-state index in [0.29, 0.717) is 5.71 Å². The topological polar surface area (TPSA) is 58.9 Å². The Morgan fingerprint density at radius 2 is 1.43 bits per heavy atom. The fourth-order valence-electron chi connectivity index (χ4n) is 2.13. The molecule has 0 saturated heterocycles. The van der Waals surface area contributed by atoms with Crippen LogP contribution in [0.2, 0.25) is 0 Å². The summed E-state index contributed by atoms with van der Waals surface area (Å²) in [7, 11) is 0. The molecule has 0 aromatic heterocycles. The first kappa shape index (κ1) is 16.9. The molecule has 0 amide bonds. The summed E-state index contributed by atoms with van der Waals surface area (Å²) >= 11 is 0. The Balaban J connectivity index is 2.44. The number of aliphatic hydroxyl groups excluding tert-OH is 1. The molecular formula is C19H21NO3. The van der Waals surface area contributed by atoms with E-state index in [-0.39, 0.29) is 6.61 Å². The number of esters is 1. The lowest BCUT2D eigenvalue weighted by molar-refractivity contribution is -0.152. The van der Waals surface area contributed by atoms with Crippen LogP contribution in [-0.4, -0.2) is 29.6 Å². The molecule has 0 fully saturated rings. The molecule has 4 heteroatoms. The van der Waals surface area contributed by atoms with Crippen LogP contribution in [0.15, 0.2) is 53.5 Å². The number of hydrogen-bond donors (Lipinski definition) is 1. The lowest BCUT2D eigenvalue weighted by Gasteiger charge is -2.11. The zero-order valence-electron chi connectivity index (χ0n) is 13.6. The van der Waals surface area contributed by atoms with Crippen LogP contribution >= 0.6 is 0 Å². The highest BCUT2D eigenvalue weighted by Gasteiger charge is 2.17. The maximum Gasteiger partial charge on any atom is 0.358 e. The van der Waals surface area contributed by atoms with Crippen molar-refractivity contribution in [3.63, 3.8) is 0 Å². The van der Waals surface area contributed by atoms with Crippen LogP contribution in [0, 0.1) is 13.8 Å². The Hall–Kier alpha value is -2.46. The van der Waals surface area contributed by atoms with Gasteiger partial charge in [0, 0.05) is 11.1 Å². The van der Waals surface area contributed by atoms with Crippen LogP contribution < -0.4 is 0 Å². The molecule has 0 aliphatic heterocycles. The van der Waals surface area contributed by atoms with Crippen LogP contribution in [0.25, 0.3) is 0 Å². The van der Waals surface area contributed by atoms with Gasteiger partial charge in [0.25, 0.3) is 0 Å². The van der Waals surface area contributed by atoms with E-state index in [0.717, 1.165) is 22.3 Å². The zero-order chi connectivity index (χ0) is 16.8. The average molecular weight is 311 g/mol. The highest BCUT2D eigenvalue weighted by molar-refractivity contribution is 6.13. The number of aliphatic imine (C=N–C) groups is 1. The molecule has 0 bridgehead atoms. The third kappa shape index (κ3) is 4.50. The summed E-state index contributed by atoms with van der Waals surface area (Å²) in [6.45, 7) is 5.89. The van der Waals surface area contributed by atoms with Gasteiger partial charge in [-0.05, 0) is 20.8 Å². The summed E-state index contributed by atoms with van der Waals surface area (Å²) < 4.78 is 4.82. The van der Waals surface area contributed by atoms with E-state index < -0.39 is 12.2 Å². The highest BCUT2D eigenvalue weighted by atomic mass is 16.5. The van der Waals surface area contributed by atoms with Crippen molar-refractivity contribution in [2.75, 3.05) is 6.61 Å². The van der Waals surface area contributed by atoms with Crippen LogP contribution in [0.5, 0.6) is 0 Å². The van der Waals surface area contributed by atoms with Gasteiger partial charge in [-0.1, -0.05) is 59.7 Å². The molecule has 0 aliphatic carbocycles. The molecule has 23 heavy (non-hydrogen) atoms. The maximum atomic E-state index is 11.7. The molecule has 0 heterocycles. The summed E-state index contributed by atoms with van der Waals surface area (Å²) in [5.41, 5.74) is 4.49. The zero-order valence-corrected chi connectivity index (χ0v) is 13.6. The minimum absolute atomic E-state index is 0.204. The number of carbonyl (C=O) groups excluding carboxylic acids is 1. The van der Waals surface area contributed by atoms with Gasteiger partial charge >= 0.3 is 5.97 Å². The molecule has 0 spiro atoms. The minimum Gasteiger partial charge on any atom is -0.463 e. The van der Waals surface area contributed by atoms with Gasteiger partial charge in [-0.2, -0.15) is 0 Å². The molecule has 2 aromatic carbocycles. The number of aryl methyl sites for hydroxylation is 2. The van der Waals surface area contributed by atoms with Crippen molar-refractivity contribution < 1.29 is 14.6 Å². The lowest BCUT2D eigenvalue weighted by atomic mass is 10.00. The number of rotatable bonds is 5. The molecule has 2 rings (SSSR count). The second kappa shape index (κ2) is 7.70. The summed E-state index contributed by atoms with van der Waals surface area (Å²) in [5.74, 6) is -0.746. The fourth-order valence-corrected chi connectivity index (χ4v) is 2.13. The first-order chi connectivity index (χ1) is 11.0. The molecule has 1 N–H and O–H groups in total. The van der Waals surface area contributed by atoms with E-state index in [1.54, 1.807) is 6.92 Å². The third-order valence-electron chi connectivity index (χ3n) is 3.40. The number of ether oxygens (including phenoxy) is 1. The summed E-state index contributed by atoms with van der Waals surface area (Å²) in [6.07, 6.45) is -1.53. The quantitative estimate of drug-likeness (QED) is 0.682. The van der Waals surface area contributed by atoms with Gasteiger partial charge in [0.15, 0.2) is 0 Å². The van der Waals surface area contributed by atoms with Crippen molar-refractivity contribution in [1.82, 2.24) is 0 Å². The van der Waals surface area contributed by atoms with Gasteiger partial charge in [0.05, 0.1) is 12.3 Å². The van der Waals surface area contributed by atoms with Crippen molar-refractivity contribution in [1.29, 1.82) is 0 Å². The van der Waals surface area contributed by atoms with E-state index in [1.165, 1.54) is 0 Å². The van der Waals surface area contributed by atoms with Crippen LogP contribution in [0.3, 0.4) is 0 Å². The fraction of sp³-hybridized carbons (Fsp3) is 0.263. The normalized spacial score (nSPS) is 11.7. The van der Waals surface area contributed by atoms with Crippen molar-refractivity contribution in [3.8, 4) is 0 Å². The summed E-state index contributed by atoms with van der Waals surface area (Å²) in [4.78, 5) is 15.9. The number of nitrogens with zero attached hydrogens (tertiary/aromatic N) is 1. The predicted molar refractivity (Wildman–Crippen MR) is 90.6 cm³/mol. The monoisotopic (exact) mass is 311 g/mol. The van der Waals surface area contributed by atoms with Gasteiger partial charge in [0.2, 0.25) is 6.23 Å². The molecule has 0 radical (unpaired) electrons. The van der Waals surface area contributed by atoms with Crippen molar-refractivity contribution in [2.24, 2.45) is 4.99 Å². The second-order valence-electron chi connectivity index (χ2n) is 5.34. The first-order valence-corrected chi connectivity index (χ1v) is 7.58. The number of benzene rings is 2. The van der Waals surface area contributed by atoms with E-state index in [9.17, 15) is 9.90 Å². The Morgan fingerprint density at radius 1 is 1.00 bits per heavy atom. The van der Waals surface area contributed by atoms with Crippen molar-refractivity contribution in [3.05, 3.63) is 70.8 Å². The molecule has 1 unspecified atom stereocenters. The van der Waals surface area contributed by atoms with E-state index in [2.05, 4.69) is 4.99 Å². The summed E-state index contributed by atoms with van der Waals surface area (Å²) in [6, 6.07) is 15.6. The van der Waals surface area contributed by atoms with Gasteiger partial charge in [-0.3, -0.25) is 0 Å². The lowest BCUT2D eigenvalue weighted by Crippen LogP contribution is -2.23. The Labute approximate surface area is 136 Å². The van der Waals surface area contributed by atoms with Gasteiger partial charge in [-0.25, -0.2) is 9.79 Å². The van der Waals surface area contributed by atoms with Crippen molar-refractivity contribution in [2.45, 2.75) is 27.0 Å². The second-order valence-corrected chi connectivity index (χ2v) is 5.34. The van der Waals surface area contributed by atoms with E-state index in [1.807, 2.05) is 62.4 Å². The smallest absolute Gasteiger partial charge is 0.358 e. The van der Waals surface area contributed by atoms with Crippen LogP contribution in [0.1, 0.15) is 29.2 Å². The number of aliphatic hydroxyl groups is 1. The molecule has 2 aromatic rings. The predicted octanol–water partition coefficient (Wildman–Crippen LogP) is 3.02. The molecule has 4 nitrogen and oxygen atoms in total. The van der Waals surface area contributed by atoms with Crippen molar-refractivity contribution >= 4 is 11.7 Å². The Bertz CT molecular complexity index is 640. The average Bonchev–Trinajstić information content (AvgIpc) is 2.54. The van der Waals surface area contributed by atoms with Crippen LogP contribution in [-0.2, 0) is 9.53 Å². The Morgan fingerprint density at radius 3 is 1.83 bits per heavy atom. The molecule has 0 aliphatic rings. The third-order valence-corrected chi connectivity index (χ3v) is 3.40. The van der Waals surface area contributed by atoms with Gasteiger partial charge < -0.3 is 9.84 Å². The first-order valence-electron chi connectivity index (χ1n) is 7.58. The van der Waals surface area contributed by atoms with E-state index in [4.69, 9.17) is 4.74 Å².